The van der Waals surface area contributed by atoms with E-state index in [0.717, 1.165) is 50.5 Å². The molecular formula is C26H30N4O3. The summed E-state index contributed by atoms with van der Waals surface area (Å²) in [5.74, 6) is 0.773. The summed E-state index contributed by atoms with van der Waals surface area (Å²) in [6.45, 7) is 3.90. The lowest BCUT2D eigenvalue weighted by molar-refractivity contribution is -0.130. The Bertz CT molecular complexity index is 1190. The molecule has 0 N–H and O–H groups in total. The van der Waals surface area contributed by atoms with E-state index < -0.39 is 0 Å². The van der Waals surface area contributed by atoms with Crippen molar-refractivity contribution in [2.24, 2.45) is 0 Å². The lowest BCUT2D eigenvalue weighted by Gasteiger charge is -2.29. The minimum atomic E-state index is 0.0132. The molecule has 33 heavy (non-hydrogen) atoms. The van der Waals surface area contributed by atoms with Gasteiger partial charge in [0.25, 0.3) is 5.56 Å². The summed E-state index contributed by atoms with van der Waals surface area (Å²) in [4.78, 5) is 34.7. The van der Waals surface area contributed by atoms with Crippen molar-refractivity contribution in [2.45, 2.75) is 38.3 Å². The van der Waals surface area contributed by atoms with Crippen LogP contribution in [0, 0.1) is 0 Å². The number of nitrogens with zero attached hydrogens (tertiary/aromatic N) is 4. The third kappa shape index (κ3) is 4.78. The van der Waals surface area contributed by atoms with E-state index in [0.29, 0.717) is 30.3 Å². The van der Waals surface area contributed by atoms with Crippen molar-refractivity contribution in [2.75, 3.05) is 38.3 Å². The van der Waals surface area contributed by atoms with Gasteiger partial charge in [-0.25, -0.2) is 4.98 Å². The number of aryl methyl sites for hydroxylation is 1. The molecule has 0 radical (unpaired) electrons. The maximum absolute atomic E-state index is 13.0. The van der Waals surface area contributed by atoms with E-state index in [2.05, 4.69) is 29.2 Å². The molecule has 172 valence electrons. The highest BCUT2D eigenvalue weighted by Gasteiger charge is 2.28. The molecule has 3 aromatic rings. The van der Waals surface area contributed by atoms with Crippen LogP contribution >= 0.6 is 0 Å². The molecule has 2 heterocycles. The van der Waals surface area contributed by atoms with E-state index in [4.69, 9.17) is 9.72 Å². The van der Waals surface area contributed by atoms with Crippen LogP contribution in [-0.4, -0.2) is 53.7 Å². The lowest BCUT2D eigenvalue weighted by atomic mass is 10.1. The van der Waals surface area contributed by atoms with Crippen molar-refractivity contribution < 1.29 is 9.53 Å². The lowest BCUT2D eigenvalue weighted by Crippen LogP contribution is -2.36. The number of anilines is 1. The van der Waals surface area contributed by atoms with E-state index in [1.807, 2.05) is 35.9 Å². The van der Waals surface area contributed by atoms with E-state index in [-0.39, 0.29) is 17.5 Å². The minimum Gasteiger partial charge on any atom is -0.378 e. The predicted octanol–water partition coefficient (Wildman–Crippen LogP) is 3.16. The van der Waals surface area contributed by atoms with Gasteiger partial charge < -0.3 is 14.5 Å². The Labute approximate surface area is 193 Å². The number of hydrogen-bond acceptors (Lipinski definition) is 5. The highest BCUT2D eigenvalue weighted by Crippen LogP contribution is 2.35. The van der Waals surface area contributed by atoms with E-state index in [9.17, 15) is 9.59 Å². The van der Waals surface area contributed by atoms with Gasteiger partial charge in [0, 0.05) is 51.3 Å². The number of carbonyl (C=O) groups is 1. The first-order valence-electron chi connectivity index (χ1n) is 11.8. The molecule has 1 amide bonds. The average Bonchev–Trinajstić information content (AvgIpc) is 3.69. The fraction of sp³-hybridized carbons (Fsp3) is 0.423. The molecule has 5 rings (SSSR count). The number of hydrogen-bond donors (Lipinski definition) is 0. The first-order valence-corrected chi connectivity index (χ1v) is 11.8. The molecule has 7 heteroatoms. The Hall–Kier alpha value is -3.19. The summed E-state index contributed by atoms with van der Waals surface area (Å²) in [5.41, 5.74) is 3.01. The topological polar surface area (TPSA) is 67.7 Å². The van der Waals surface area contributed by atoms with Gasteiger partial charge in [0.2, 0.25) is 5.91 Å². The Morgan fingerprint density at radius 2 is 1.82 bits per heavy atom. The molecule has 1 aliphatic heterocycles. The van der Waals surface area contributed by atoms with Gasteiger partial charge in [-0.1, -0.05) is 24.3 Å². The summed E-state index contributed by atoms with van der Waals surface area (Å²) >= 11 is 0. The number of morpholine rings is 1. The van der Waals surface area contributed by atoms with Crippen molar-refractivity contribution in [1.82, 2.24) is 14.5 Å². The van der Waals surface area contributed by atoms with Crippen LogP contribution in [0.2, 0.25) is 0 Å². The average molecular weight is 447 g/mol. The monoisotopic (exact) mass is 446 g/mol. The van der Waals surface area contributed by atoms with Crippen molar-refractivity contribution >= 4 is 22.5 Å². The third-order valence-corrected chi connectivity index (χ3v) is 6.51. The van der Waals surface area contributed by atoms with Crippen LogP contribution < -0.4 is 10.5 Å². The summed E-state index contributed by atoms with van der Waals surface area (Å²) in [7, 11) is 1.83. The number of aromatic nitrogens is 2. The molecular weight excluding hydrogens is 416 g/mol. The number of rotatable bonds is 7. The zero-order chi connectivity index (χ0) is 22.8. The molecule has 1 aliphatic carbocycles. The van der Waals surface area contributed by atoms with Crippen molar-refractivity contribution in [3.8, 4) is 0 Å². The Balaban J connectivity index is 1.23. The zero-order valence-corrected chi connectivity index (χ0v) is 19.1. The predicted molar refractivity (Wildman–Crippen MR) is 129 cm³/mol. The summed E-state index contributed by atoms with van der Waals surface area (Å²) in [5, 5.41) is 0.650. The SMILES string of the molecule is CN(Cc1ccc(N2CCOCC2)cc1)C(=O)CCc1nc2ccccc2c(=O)n1C1CC1. The number of benzene rings is 2. The van der Waals surface area contributed by atoms with Crippen molar-refractivity contribution in [3.05, 3.63) is 70.3 Å². The largest absolute Gasteiger partial charge is 0.378 e. The van der Waals surface area contributed by atoms with Gasteiger partial charge >= 0.3 is 0 Å². The fourth-order valence-electron chi connectivity index (χ4n) is 4.48. The number of fused-ring (bicyclic) bond motifs is 1. The molecule has 7 nitrogen and oxygen atoms in total. The van der Waals surface area contributed by atoms with Gasteiger partial charge in [0.15, 0.2) is 0 Å². The first kappa shape index (κ1) is 21.6. The number of carbonyl (C=O) groups excluding carboxylic acids is 1. The van der Waals surface area contributed by atoms with Crippen molar-refractivity contribution in [1.29, 1.82) is 0 Å². The van der Waals surface area contributed by atoms with Gasteiger partial charge in [-0.15, -0.1) is 0 Å². The second-order valence-electron chi connectivity index (χ2n) is 8.97. The molecule has 0 bridgehead atoms. The quantitative estimate of drug-likeness (QED) is 0.558. The van der Waals surface area contributed by atoms with Crippen LogP contribution in [0.25, 0.3) is 10.9 Å². The standard InChI is InChI=1S/C26H30N4O3/c1-28(18-19-6-8-20(9-7-19)29-14-16-33-17-15-29)25(31)13-12-24-27-23-5-3-2-4-22(23)26(32)30(24)21-10-11-21/h2-9,21H,10-18H2,1H3. The molecule has 1 aromatic heterocycles. The molecule has 1 saturated carbocycles. The van der Waals surface area contributed by atoms with Gasteiger partial charge in [0.05, 0.1) is 24.1 Å². The summed E-state index contributed by atoms with van der Waals surface area (Å²) in [6, 6.07) is 16.1. The normalized spacial score (nSPS) is 16.2. The van der Waals surface area contributed by atoms with Crippen LogP contribution in [-0.2, 0) is 22.5 Å². The molecule has 0 spiro atoms. The fourth-order valence-corrected chi connectivity index (χ4v) is 4.48. The molecule has 2 aromatic carbocycles. The van der Waals surface area contributed by atoms with Crippen LogP contribution in [0.3, 0.4) is 0 Å². The number of amides is 1. The van der Waals surface area contributed by atoms with E-state index >= 15 is 0 Å². The van der Waals surface area contributed by atoms with Gasteiger partial charge in [0.1, 0.15) is 5.82 Å². The van der Waals surface area contributed by atoms with Crippen molar-refractivity contribution in [3.63, 3.8) is 0 Å². The van der Waals surface area contributed by atoms with Crippen LogP contribution in [0.1, 0.15) is 36.7 Å². The molecule has 0 unspecified atom stereocenters. The maximum atomic E-state index is 13.0. The highest BCUT2D eigenvalue weighted by atomic mass is 16.5. The van der Waals surface area contributed by atoms with Gasteiger partial charge in [-0.05, 0) is 42.7 Å². The smallest absolute Gasteiger partial charge is 0.261 e. The molecule has 2 fully saturated rings. The summed E-state index contributed by atoms with van der Waals surface area (Å²) in [6.07, 6.45) is 2.80. The molecule has 0 atom stereocenters. The summed E-state index contributed by atoms with van der Waals surface area (Å²) < 4.78 is 7.24. The van der Waals surface area contributed by atoms with Crippen LogP contribution in [0.15, 0.2) is 53.3 Å². The Morgan fingerprint density at radius 1 is 1.09 bits per heavy atom. The number of ether oxygens (including phenoxy) is 1. The van der Waals surface area contributed by atoms with Gasteiger partial charge in [-0.3, -0.25) is 14.2 Å². The van der Waals surface area contributed by atoms with E-state index in [1.165, 1.54) is 5.69 Å². The third-order valence-electron chi connectivity index (χ3n) is 6.51. The van der Waals surface area contributed by atoms with Crippen LogP contribution in [0.4, 0.5) is 5.69 Å². The molecule has 1 saturated heterocycles. The second kappa shape index (κ2) is 9.35. The maximum Gasteiger partial charge on any atom is 0.261 e. The molecule has 2 aliphatic rings. The highest BCUT2D eigenvalue weighted by molar-refractivity contribution is 5.78. The Morgan fingerprint density at radius 3 is 2.55 bits per heavy atom. The minimum absolute atomic E-state index is 0.0132. The Kier molecular flexibility index (Phi) is 6.13. The first-order chi connectivity index (χ1) is 16.1. The zero-order valence-electron chi connectivity index (χ0n) is 19.1. The second-order valence-corrected chi connectivity index (χ2v) is 8.97. The van der Waals surface area contributed by atoms with E-state index in [1.54, 1.807) is 4.90 Å². The van der Waals surface area contributed by atoms with Gasteiger partial charge in [-0.2, -0.15) is 0 Å². The van der Waals surface area contributed by atoms with Crippen LogP contribution in [0.5, 0.6) is 0 Å². The number of para-hydroxylation sites is 1.